The van der Waals surface area contributed by atoms with Gasteiger partial charge in [0.15, 0.2) is 5.78 Å². The summed E-state index contributed by atoms with van der Waals surface area (Å²) in [6.45, 7) is 4.70. The molecule has 2 aromatic rings. The Morgan fingerprint density at radius 3 is 2.79 bits per heavy atom. The summed E-state index contributed by atoms with van der Waals surface area (Å²) in [6, 6.07) is 7.20. The van der Waals surface area contributed by atoms with Crippen LogP contribution in [0.2, 0.25) is 5.02 Å². The number of ketones is 1. The first kappa shape index (κ1) is 14.3. The van der Waals surface area contributed by atoms with E-state index in [1.54, 1.807) is 18.2 Å². The van der Waals surface area contributed by atoms with Gasteiger partial charge in [-0.2, -0.15) is 5.10 Å². The molecule has 0 aliphatic heterocycles. The van der Waals surface area contributed by atoms with Crippen LogP contribution in [-0.4, -0.2) is 15.6 Å². The Morgan fingerprint density at radius 1 is 1.42 bits per heavy atom. The van der Waals surface area contributed by atoms with Crippen LogP contribution >= 0.6 is 27.5 Å². The van der Waals surface area contributed by atoms with Gasteiger partial charge in [0.05, 0.1) is 17.1 Å². The molecule has 0 fully saturated rings. The molecule has 5 heteroatoms. The molecule has 0 unspecified atom stereocenters. The van der Waals surface area contributed by atoms with E-state index in [1.807, 2.05) is 24.6 Å². The van der Waals surface area contributed by atoms with E-state index >= 15 is 0 Å². The van der Waals surface area contributed by atoms with E-state index in [0.717, 1.165) is 22.4 Å². The number of rotatable bonds is 4. The number of aromatic nitrogens is 2. The quantitative estimate of drug-likeness (QED) is 0.786. The highest BCUT2D eigenvalue weighted by Crippen LogP contribution is 2.24. The number of aryl methyl sites for hydroxylation is 2. The number of benzene rings is 1. The molecule has 0 saturated heterocycles. The molecule has 0 spiro atoms. The van der Waals surface area contributed by atoms with Crippen molar-refractivity contribution in [2.75, 3.05) is 0 Å². The van der Waals surface area contributed by atoms with Gasteiger partial charge in [-0.05, 0) is 48.0 Å². The maximum atomic E-state index is 12.2. The fourth-order valence-corrected chi connectivity index (χ4v) is 2.38. The van der Waals surface area contributed by atoms with E-state index in [9.17, 15) is 4.79 Å². The molecule has 0 aliphatic carbocycles. The number of Topliss-reactive ketones (excluding diaryl/α,β-unsaturated/α-hetero) is 1. The molecular weight excluding hydrogens is 328 g/mol. The van der Waals surface area contributed by atoms with Crippen LogP contribution in [0, 0.1) is 6.92 Å². The Bertz CT molecular complexity index is 622. The molecule has 0 aliphatic rings. The third-order valence-electron chi connectivity index (χ3n) is 2.87. The molecule has 0 bridgehead atoms. The van der Waals surface area contributed by atoms with Gasteiger partial charge >= 0.3 is 0 Å². The monoisotopic (exact) mass is 340 g/mol. The molecule has 3 nitrogen and oxygen atoms in total. The number of nitrogens with zero attached hydrogens (tertiary/aromatic N) is 2. The lowest BCUT2D eigenvalue weighted by Crippen LogP contribution is -2.09. The minimum Gasteiger partial charge on any atom is -0.294 e. The molecule has 0 N–H and O–H groups in total. The Hall–Kier alpha value is -1.13. The summed E-state index contributed by atoms with van der Waals surface area (Å²) in [5, 5.41) is 4.89. The van der Waals surface area contributed by atoms with Crippen molar-refractivity contribution in [1.29, 1.82) is 0 Å². The third kappa shape index (κ3) is 3.25. The highest BCUT2D eigenvalue weighted by molar-refractivity contribution is 9.10. The fourth-order valence-electron chi connectivity index (χ4n) is 1.95. The second-order valence-corrected chi connectivity index (χ2v) is 5.58. The van der Waals surface area contributed by atoms with Gasteiger partial charge < -0.3 is 0 Å². The zero-order valence-electron chi connectivity index (χ0n) is 10.8. The van der Waals surface area contributed by atoms with Crippen LogP contribution in [0.5, 0.6) is 0 Å². The summed E-state index contributed by atoms with van der Waals surface area (Å²) in [4.78, 5) is 12.2. The second kappa shape index (κ2) is 5.88. The van der Waals surface area contributed by atoms with E-state index in [1.165, 1.54) is 0 Å². The van der Waals surface area contributed by atoms with Crippen molar-refractivity contribution in [2.45, 2.75) is 26.8 Å². The number of hydrogen-bond acceptors (Lipinski definition) is 2. The summed E-state index contributed by atoms with van der Waals surface area (Å²) < 4.78 is 2.65. The number of halogens is 2. The maximum absolute atomic E-state index is 12.2. The van der Waals surface area contributed by atoms with Crippen LogP contribution < -0.4 is 0 Å². The first-order valence-electron chi connectivity index (χ1n) is 6.03. The Labute approximate surface area is 125 Å². The lowest BCUT2D eigenvalue weighted by atomic mass is 10.1. The third-order valence-corrected chi connectivity index (χ3v) is 4.10. The summed E-state index contributed by atoms with van der Waals surface area (Å²) in [6.07, 6.45) is 0.340. The van der Waals surface area contributed by atoms with E-state index in [-0.39, 0.29) is 5.78 Å². The van der Waals surface area contributed by atoms with Crippen LogP contribution in [0.25, 0.3) is 0 Å². The first-order chi connectivity index (χ1) is 9.01. The number of carbonyl (C=O) groups excluding carboxylic acids is 1. The van der Waals surface area contributed by atoms with Gasteiger partial charge in [-0.3, -0.25) is 9.48 Å². The lowest BCUT2D eigenvalue weighted by molar-refractivity contribution is 0.0990. The molecule has 0 saturated carbocycles. The predicted octanol–water partition coefficient (Wildman–Crippen LogP) is 4.05. The second-order valence-electron chi connectivity index (χ2n) is 4.32. The van der Waals surface area contributed by atoms with E-state index < -0.39 is 0 Å². The van der Waals surface area contributed by atoms with Gasteiger partial charge in [-0.25, -0.2) is 0 Å². The van der Waals surface area contributed by atoms with Crippen LogP contribution in [0.3, 0.4) is 0 Å². The van der Waals surface area contributed by atoms with E-state index in [4.69, 9.17) is 11.6 Å². The Balaban J connectivity index is 2.22. The summed E-state index contributed by atoms with van der Waals surface area (Å²) in [5.74, 6) is 0.0454. The van der Waals surface area contributed by atoms with Crippen molar-refractivity contribution in [1.82, 2.24) is 9.78 Å². The average Bonchev–Trinajstić information content (AvgIpc) is 2.72. The van der Waals surface area contributed by atoms with Crippen molar-refractivity contribution in [2.24, 2.45) is 0 Å². The lowest BCUT2D eigenvalue weighted by Gasteiger charge is -2.05. The topological polar surface area (TPSA) is 34.9 Å². The minimum atomic E-state index is 0.0454. The van der Waals surface area contributed by atoms with Crippen molar-refractivity contribution in [3.63, 3.8) is 0 Å². The van der Waals surface area contributed by atoms with E-state index in [2.05, 4.69) is 21.0 Å². The summed E-state index contributed by atoms with van der Waals surface area (Å²) in [5.41, 5.74) is 2.48. The van der Waals surface area contributed by atoms with Crippen LogP contribution in [0.4, 0.5) is 0 Å². The summed E-state index contributed by atoms with van der Waals surface area (Å²) >= 11 is 9.32. The Morgan fingerprint density at radius 2 is 2.16 bits per heavy atom. The van der Waals surface area contributed by atoms with Gasteiger partial charge in [0.1, 0.15) is 0 Å². The molecule has 1 aromatic carbocycles. The normalized spacial score (nSPS) is 10.7. The minimum absolute atomic E-state index is 0.0454. The Kier molecular flexibility index (Phi) is 4.42. The summed E-state index contributed by atoms with van der Waals surface area (Å²) in [7, 11) is 0. The molecule has 2 rings (SSSR count). The van der Waals surface area contributed by atoms with Crippen molar-refractivity contribution in [3.05, 3.63) is 50.7 Å². The highest BCUT2D eigenvalue weighted by atomic mass is 79.9. The molecule has 100 valence electrons. The van der Waals surface area contributed by atoms with Crippen molar-refractivity contribution < 1.29 is 4.79 Å². The molecule has 1 heterocycles. The zero-order valence-corrected chi connectivity index (χ0v) is 13.1. The van der Waals surface area contributed by atoms with Crippen LogP contribution in [-0.2, 0) is 13.0 Å². The van der Waals surface area contributed by atoms with Crippen LogP contribution in [0.15, 0.2) is 28.7 Å². The fraction of sp³-hybridized carbons (Fsp3) is 0.286. The van der Waals surface area contributed by atoms with Gasteiger partial charge in [-0.1, -0.05) is 17.7 Å². The first-order valence-corrected chi connectivity index (χ1v) is 7.20. The van der Waals surface area contributed by atoms with Crippen molar-refractivity contribution >= 4 is 33.3 Å². The van der Waals surface area contributed by atoms with Crippen molar-refractivity contribution in [3.8, 4) is 0 Å². The van der Waals surface area contributed by atoms with Gasteiger partial charge in [0, 0.05) is 22.3 Å². The molecule has 0 amide bonds. The van der Waals surface area contributed by atoms with Gasteiger partial charge in [-0.15, -0.1) is 0 Å². The molecule has 0 atom stereocenters. The van der Waals surface area contributed by atoms with Gasteiger partial charge in [0.25, 0.3) is 0 Å². The van der Waals surface area contributed by atoms with E-state index in [0.29, 0.717) is 17.0 Å². The molecule has 0 radical (unpaired) electrons. The standard InChI is InChI=1S/C14H14BrClN2O/c1-3-18-11(6-9(2)17-18)8-14(19)10-4-5-12(15)13(16)7-10/h4-7H,3,8H2,1-2H3. The number of carbonyl (C=O) groups is 1. The van der Waals surface area contributed by atoms with Crippen LogP contribution in [0.1, 0.15) is 28.7 Å². The van der Waals surface area contributed by atoms with Gasteiger partial charge in [0.2, 0.25) is 0 Å². The SMILES string of the molecule is CCn1nc(C)cc1CC(=O)c1ccc(Br)c(Cl)c1. The smallest absolute Gasteiger partial charge is 0.168 e. The largest absolute Gasteiger partial charge is 0.294 e. The predicted molar refractivity (Wildman–Crippen MR) is 79.8 cm³/mol. The molecule has 19 heavy (non-hydrogen) atoms. The molecule has 1 aromatic heterocycles. The molecular formula is C14H14BrClN2O. The zero-order chi connectivity index (χ0) is 14.0. The number of hydrogen-bond donors (Lipinski definition) is 0. The maximum Gasteiger partial charge on any atom is 0.168 e. The highest BCUT2D eigenvalue weighted by Gasteiger charge is 2.12. The average molecular weight is 342 g/mol.